The summed E-state index contributed by atoms with van der Waals surface area (Å²) >= 11 is 6.22. The molecule has 1 heterocycles. The monoisotopic (exact) mass is 488 g/mol. The van der Waals surface area contributed by atoms with Gasteiger partial charge in [-0.1, -0.05) is 23.7 Å². The number of nitrogens with two attached hydrogens (primary N) is 1. The summed E-state index contributed by atoms with van der Waals surface area (Å²) in [4.78, 5) is 28.4. The predicted molar refractivity (Wildman–Crippen MR) is 134 cm³/mol. The van der Waals surface area contributed by atoms with Crippen LogP contribution in [0.1, 0.15) is 28.8 Å². The fourth-order valence-electron chi connectivity index (χ4n) is 3.95. The summed E-state index contributed by atoms with van der Waals surface area (Å²) in [5, 5.41) is 3.10. The average Bonchev–Trinajstić information content (AvgIpc) is 2.82. The van der Waals surface area contributed by atoms with Crippen LogP contribution in [-0.4, -0.2) is 69.7 Å². The van der Waals surface area contributed by atoms with Crippen LogP contribution in [0.15, 0.2) is 36.4 Å². The summed E-state index contributed by atoms with van der Waals surface area (Å²) in [5.74, 6) is -0.424. The molecule has 0 spiro atoms. The van der Waals surface area contributed by atoms with E-state index < -0.39 is 5.91 Å². The van der Waals surface area contributed by atoms with Crippen molar-refractivity contribution in [2.24, 2.45) is 5.73 Å². The van der Waals surface area contributed by atoms with Gasteiger partial charge in [0.25, 0.3) is 11.8 Å². The molecule has 3 N–H and O–H groups in total. The van der Waals surface area contributed by atoms with Gasteiger partial charge in [-0.3, -0.25) is 14.5 Å². The highest BCUT2D eigenvalue weighted by Gasteiger charge is 2.18. The minimum Gasteiger partial charge on any atom is -0.493 e. The zero-order valence-electron chi connectivity index (χ0n) is 19.8. The molecule has 2 amide bonds. The van der Waals surface area contributed by atoms with Crippen molar-refractivity contribution in [3.05, 3.63) is 52.5 Å². The van der Waals surface area contributed by atoms with Gasteiger partial charge in [-0.05, 0) is 56.1 Å². The summed E-state index contributed by atoms with van der Waals surface area (Å²) in [6, 6.07) is 11.7. The van der Waals surface area contributed by atoms with Crippen molar-refractivity contribution in [2.45, 2.75) is 19.8 Å². The van der Waals surface area contributed by atoms with Gasteiger partial charge in [-0.15, -0.1) is 0 Å². The summed E-state index contributed by atoms with van der Waals surface area (Å²) in [5.41, 5.74) is 8.05. The van der Waals surface area contributed by atoms with Crippen molar-refractivity contribution in [1.82, 2.24) is 10.2 Å². The number of hydrogen-bond acceptors (Lipinski definition) is 6. The second-order valence-electron chi connectivity index (χ2n) is 8.38. The highest BCUT2D eigenvalue weighted by atomic mass is 35.5. The highest BCUT2D eigenvalue weighted by molar-refractivity contribution is 6.32. The van der Waals surface area contributed by atoms with E-state index >= 15 is 0 Å². The molecule has 0 atom stereocenters. The molecule has 0 unspecified atom stereocenters. The number of amides is 2. The van der Waals surface area contributed by atoms with Crippen LogP contribution < -0.4 is 25.4 Å². The number of hydrogen-bond donors (Lipinski definition) is 2. The van der Waals surface area contributed by atoms with E-state index in [0.29, 0.717) is 12.1 Å². The van der Waals surface area contributed by atoms with Gasteiger partial charge in [-0.2, -0.15) is 0 Å². The lowest BCUT2D eigenvalue weighted by Gasteiger charge is -2.36. The second-order valence-corrected chi connectivity index (χ2v) is 8.78. The Hall–Kier alpha value is -2.97. The van der Waals surface area contributed by atoms with Gasteiger partial charge in [0.15, 0.2) is 18.1 Å². The molecule has 1 aliphatic heterocycles. The van der Waals surface area contributed by atoms with Crippen LogP contribution in [0, 0.1) is 6.92 Å². The lowest BCUT2D eigenvalue weighted by Crippen LogP contribution is -2.46. The SMILES string of the molecule is COc1cc(C(=O)NCCCCN2CCN(c3cccc(C)c3)CC2)cc(Cl)c1OCC(N)=O. The van der Waals surface area contributed by atoms with Crippen LogP contribution in [0.3, 0.4) is 0 Å². The Bertz CT molecular complexity index is 993. The maximum atomic E-state index is 12.5. The number of aryl methyl sites for hydroxylation is 1. The molecule has 1 saturated heterocycles. The van der Waals surface area contributed by atoms with Crippen molar-refractivity contribution >= 4 is 29.1 Å². The number of rotatable bonds is 11. The topological polar surface area (TPSA) is 97.1 Å². The van der Waals surface area contributed by atoms with Crippen molar-refractivity contribution in [3.8, 4) is 11.5 Å². The van der Waals surface area contributed by atoms with Crippen LogP contribution >= 0.6 is 11.6 Å². The highest BCUT2D eigenvalue weighted by Crippen LogP contribution is 2.36. The fraction of sp³-hybridized carbons (Fsp3) is 0.440. The molecule has 0 radical (unpaired) electrons. The van der Waals surface area contributed by atoms with E-state index in [9.17, 15) is 9.59 Å². The lowest BCUT2D eigenvalue weighted by molar-refractivity contribution is -0.119. The maximum Gasteiger partial charge on any atom is 0.255 e. The number of piperazine rings is 1. The van der Waals surface area contributed by atoms with E-state index in [2.05, 4.69) is 46.3 Å². The zero-order chi connectivity index (χ0) is 24.5. The van der Waals surface area contributed by atoms with Crippen LogP contribution in [-0.2, 0) is 4.79 Å². The average molecular weight is 489 g/mol. The molecular formula is C25H33ClN4O4. The maximum absolute atomic E-state index is 12.5. The molecule has 2 aromatic carbocycles. The van der Waals surface area contributed by atoms with E-state index in [1.54, 1.807) is 0 Å². The van der Waals surface area contributed by atoms with Gasteiger partial charge in [0, 0.05) is 44.0 Å². The Morgan fingerprint density at radius 3 is 2.56 bits per heavy atom. The van der Waals surface area contributed by atoms with Crippen LogP contribution in [0.25, 0.3) is 0 Å². The van der Waals surface area contributed by atoms with Crippen LogP contribution in [0.5, 0.6) is 11.5 Å². The Kier molecular flexibility index (Phi) is 9.42. The predicted octanol–water partition coefficient (Wildman–Crippen LogP) is 2.85. The zero-order valence-corrected chi connectivity index (χ0v) is 20.6. The van der Waals surface area contributed by atoms with Crippen molar-refractivity contribution < 1.29 is 19.1 Å². The minimum absolute atomic E-state index is 0.176. The third-order valence-electron chi connectivity index (χ3n) is 5.78. The number of carbonyl (C=O) groups excluding carboxylic acids is 2. The molecule has 34 heavy (non-hydrogen) atoms. The van der Waals surface area contributed by atoms with Gasteiger partial charge < -0.3 is 25.4 Å². The molecule has 1 aliphatic rings. The van der Waals surface area contributed by atoms with E-state index in [4.69, 9.17) is 26.8 Å². The molecule has 0 aromatic heterocycles. The molecule has 2 aromatic rings. The minimum atomic E-state index is -0.631. The second kappa shape index (κ2) is 12.5. The Morgan fingerprint density at radius 1 is 1.12 bits per heavy atom. The first-order chi connectivity index (χ1) is 16.4. The number of nitrogens with one attached hydrogen (secondary N) is 1. The van der Waals surface area contributed by atoms with Crippen LogP contribution in [0.2, 0.25) is 5.02 Å². The van der Waals surface area contributed by atoms with Crippen molar-refractivity contribution in [2.75, 3.05) is 57.9 Å². The van der Waals surface area contributed by atoms with Gasteiger partial charge in [0.1, 0.15) is 0 Å². The molecule has 3 rings (SSSR count). The molecule has 184 valence electrons. The molecule has 0 aliphatic carbocycles. The molecule has 0 saturated carbocycles. The number of ether oxygens (including phenoxy) is 2. The van der Waals surface area contributed by atoms with Gasteiger partial charge in [0.2, 0.25) is 0 Å². The number of benzene rings is 2. The van der Waals surface area contributed by atoms with E-state index in [-0.39, 0.29) is 29.0 Å². The quantitative estimate of drug-likeness (QED) is 0.472. The van der Waals surface area contributed by atoms with E-state index in [0.717, 1.165) is 45.6 Å². The molecular weight excluding hydrogens is 456 g/mol. The standard InChI is InChI=1S/C25H33ClN4O4/c1-18-6-5-7-20(14-18)30-12-10-29(11-13-30)9-4-3-8-28-25(32)19-15-21(26)24(22(16-19)33-2)34-17-23(27)31/h5-7,14-16H,3-4,8-13,17H2,1-2H3,(H2,27,31)(H,28,32). The smallest absolute Gasteiger partial charge is 0.255 e. The first-order valence-corrected chi connectivity index (χ1v) is 11.9. The third-order valence-corrected chi connectivity index (χ3v) is 6.06. The number of nitrogens with zero attached hydrogens (tertiary/aromatic N) is 2. The largest absolute Gasteiger partial charge is 0.493 e. The number of anilines is 1. The number of primary amides is 1. The van der Waals surface area contributed by atoms with Crippen molar-refractivity contribution in [3.63, 3.8) is 0 Å². The van der Waals surface area contributed by atoms with Gasteiger partial charge >= 0.3 is 0 Å². The third kappa shape index (κ3) is 7.27. The van der Waals surface area contributed by atoms with Gasteiger partial charge in [0.05, 0.1) is 12.1 Å². The fourth-order valence-corrected chi connectivity index (χ4v) is 4.22. The van der Waals surface area contributed by atoms with E-state index in [1.807, 2.05) is 0 Å². The molecule has 0 bridgehead atoms. The summed E-state index contributed by atoms with van der Waals surface area (Å²) in [7, 11) is 1.44. The summed E-state index contributed by atoms with van der Waals surface area (Å²) < 4.78 is 10.5. The summed E-state index contributed by atoms with van der Waals surface area (Å²) in [6.45, 7) is 7.53. The summed E-state index contributed by atoms with van der Waals surface area (Å²) in [6.07, 6.45) is 1.89. The van der Waals surface area contributed by atoms with Gasteiger partial charge in [-0.25, -0.2) is 0 Å². The number of carbonyl (C=O) groups is 2. The van der Waals surface area contributed by atoms with Crippen LogP contribution in [0.4, 0.5) is 5.69 Å². The lowest BCUT2D eigenvalue weighted by atomic mass is 10.1. The number of halogens is 1. The molecule has 1 fully saturated rings. The first kappa shape index (κ1) is 25.6. The molecule has 8 nitrogen and oxygen atoms in total. The first-order valence-electron chi connectivity index (χ1n) is 11.5. The Labute approximate surface area is 205 Å². The van der Waals surface area contributed by atoms with Crippen molar-refractivity contribution in [1.29, 1.82) is 0 Å². The molecule has 9 heteroatoms. The number of unbranched alkanes of at least 4 members (excludes halogenated alkanes) is 1. The van der Waals surface area contributed by atoms with E-state index in [1.165, 1.54) is 30.5 Å². The number of methoxy groups -OCH3 is 1. The Balaban J connectivity index is 1.38. The normalized spacial score (nSPS) is 14.0. The Morgan fingerprint density at radius 2 is 1.88 bits per heavy atom.